The molecule has 0 saturated heterocycles. The average molecular weight is 444 g/mol. The Balaban J connectivity index is 2.05. The standard InChI is InChI=1S/C22H24N2O8/c1-21(31)8-5-4-6-11(25)12(8)16(26)13-9(21)7-10-15(24(2)3)17(27)14(20(23)30)19(29)22(10,32)18(13)28/h4-6,9-10,15,25-26,29,31-32H,7H2,1-3H3,(H2,23,30)/t9?,10-,15-,21+,22-/m0/s1. The second kappa shape index (κ2) is 6.64. The number of ketones is 2. The Hall–Kier alpha value is -3.21. The minimum Gasteiger partial charge on any atom is -0.508 e. The molecule has 0 radical (unpaired) electrons. The van der Waals surface area contributed by atoms with Gasteiger partial charge in [-0.2, -0.15) is 0 Å². The summed E-state index contributed by atoms with van der Waals surface area (Å²) >= 11 is 0. The quantitative estimate of drug-likeness (QED) is 0.332. The zero-order chi connectivity index (χ0) is 23.9. The van der Waals surface area contributed by atoms with Crippen LogP contribution in [0.1, 0.15) is 24.5 Å². The number of carbonyl (C=O) groups excluding carboxylic acids is 3. The summed E-state index contributed by atoms with van der Waals surface area (Å²) in [5.74, 6) is -7.90. The molecule has 1 amide bonds. The number of hydrogen-bond acceptors (Lipinski definition) is 9. The normalized spacial score (nSPS) is 34.4. The van der Waals surface area contributed by atoms with Crippen LogP contribution in [0, 0.1) is 11.8 Å². The van der Waals surface area contributed by atoms with Crippen LogP contribution in [0.25, 0.3) is 5.76 Å². The molecule has 3 aliphatic rings. The van der Waals surface area contributed by atoms with Crippen LogP contribution in [0.3, 0.4) is 0 Å². The molecule has 5 atom stereocenters. The van der Waals surface area contributed by atoms with Crippen molar-refractivity contribution in [2.75, 3.05) is 14.1 Å². The molecule has 7 N–H and O–H groups in total. The third-order valence-electron chi connectivity index (χ3n) is 7.02. The van der Waals surface area contributed by atoms with Gasteiger partial charge in [-0.25, -0.2) is 0 Å². The fraction of sp³-hybridized carbons (Fsp3) is 0.409. The summed E-state index contributed by atoms with van der Waals surface area (Å²) in [6.07, 6.45) is -0.200. The molecule has 0 aliphatic heterocycles. The second-order valence-electron chi connectivity index (χ2n) is 8.96. The van der Waals surface area contributed by atoms with Crippen molar-refractivity contribution in [1.29, 1.82) is 0 Å². The van der Waals surface area contributed by atoms with E-state index >= 15 is 0 Å². The first-order chi connectivity index (χ1) is 14.8. The SMILES string of the molecule is CN(C)[C@@H]1C(=O)C(C(N)=O)=C(O)[C@@]2(O)C(=O)C3=C(O)c4c(O)cccc4[C@@](C)(O)C3C[C@@H]12. The lowest BCUT2D eigenvalue weighted by Crippen LogP contribution is -2.67. The zero-order valence-electron chi connectivity index (χ0n) is 17.7. The van der Waals surface area contributed by atoms with E-state index in [9.17, 15) is 39.9 Å². The lowest BCUT2D eigenvalue weighted by atomic mass is 9.54. The van der Waals surface area contributed by atoms with Gasteiger partial charge in [-0.1, -0.05) is 12.1 Å². The van der Waals surface area contributed by atoms with E-state index in [0.717, 1.165) is 0 Å². The van der Waals surface area contributed by atoms with Gasteiger partial charge in [0.25, 0.3) is 5.91 Å². The summed E-state index contributed by atoms with van der Waals surface area (Å²) in [4.78, 5) is 40.0. The van der Waals surface area contributed by atoms with Crippen LogP contribution in [0.5, 0.6) is 5.75 Å². The lowest BCUT2D eigenvalue weighted by molar-refractivity contribution is -0.159. The largest absolute Gasteiger partial charge is 0.508 e. The molecule has 1 fully saturated rings. The number of nitrogens with zero attached hydrogens (tertiary/aromatic N) is 1. The molecule has 32 heavy (non-hydrogen) atoms. The van der Waals surface area contributed by atoms with Gasteiger partial charge < -0.3 is 31.3 Å². The number of primary amides is 1. The van der Waals surface area contributed by atoms with Crippen LogP contribution in [0.15, 0.2) is 35.1 Å². The lowest BCUT2D eigenvalue weighted by Gasteiger charge is -2.53. The van der Waals surface area contributed by atoms with Gasteiger partial charge >= 0.3 is 0 Å². The van der Waals surface area contributed by atoms with Crippen LogP contribution in [-0.4, -0.2) is 73.6 Å². The molecule has 4 rings (SSSR count). The maximum Gasteiger partial charge on any atom is 0.255 e. The van der Waals surface area contributed by atoms with Crippen LogP contribution >= 0.6 is 0 Å². The molecule has 10 heteroatoms. The molecule has 0 heterocycles. The maximum absolute atomic E-state index is 13.7. The second-order valence-corrected chi connectivity index (χ2v) is 8.96. The predicted octanol–water partition coefficient (Wildman–Crippen LogP) is -0.371. The Bertz CT molecular complexity index is 1150. The number of nitrogens with two attached hydrogens (primary N) is 1. The molecule has 0 spiro atoms. The molecule has 3 aliphatic carbocycles. The topological polar surface area (TPSA) is 182 Å². The number of aliphatic hydroxyl groups excluding tert-OH is 2. The molecule has 170 valence electrons. The van der Waals surface area contributed by atoms with Crippen molar-refractivity contribution in [2.24, 2.45) is 17.6 Å². The molecule has 10 nitrogen and oxygen atoms in total. The van der Waals surface area contributed by atoms with E-state index in [1.165, 1.54) is 44.1 Å². The number of phenols is 1. The Morgan fingerprint density at radius 2 is 1.78 bits per heavy atom. The van der Waals surface area contributed by atoms with E-state index in [1.54, 1.807) is 0 Å². The molecule has 1 aromatic carbocycles. The maximum atomic E-state index is 13.7. The van der Waals surface area contributed by atoms with Crippen LogP contribution in [0.2, 0.25) is 0 Å². The highest BCUT2D eigenvalue weighted by Crippen LogP contribution is 2.57. The Morgan fingerprint density at radius 3 is 2.34 bits per heavy atom. The molecule has 0 bridgehead atoms. The van der Waals surface area contributed by atoms with Crippen molar-refractivity contribution in [3.8, 4) is 5.75 Å². The fourth-order valence-electron chi connectivity index (χ4n) is 5.50. The highest BCUT2D eigenvalue weighted by atomic mass is 16.3. The Labute approximate surface area is 182 Å². The number of aromatic hydroxyl groups is 1. The van der Waals surface area contributed by atoms with Crippen LogP contribution in [0.4, 0.5) is 0 Å². The van der Waals surface area contributed by atoms with Crippen molar-refractivity contribution in [3.05, 3.63) is 46.2 Å². The number of carbonyl (C=O) groups is 3. The first kappa shape index (κ1) is 22.0. The van der Waals surface area contributed by atoms with E-state index in [2.05, 4.69) is 0 Å². The number of benzene rings is 1. The first-order valence-corrected chi connectivity index (χ1v) is 9.97. The van der Waals surface area contributed by atoms with E-state index < -0.39 is 75.0 Å². The molecular weight excluding hydrogens is 420 g/mol. The van der Waals surface area contributed by atoms with Crippen LogP contribution in [-0.2, 0) is 20.0 Å². The number of aliphatic hydroxyl groups is 4. The van der Waals surface area contributed by atoms with E-state index in [4.69, 9.17) is 5.73 Å². The number of Topliss-reactive ketones (excluding diaryl/α,β-unsaturated/α-hetero) is 2. The first-order valence-electron chi connectivity index (χ1n) is 9.97. The summed E-state index contributed by atoms with van der Waals surface area (Å²) in [6.45, 7) is 1.40. The molecule has 1 aromatic rings. The fourth-order valence-corrected chi connectivity index (χ4v) is 5.50. The van der Waals surface area contributed by atoms with Crippen molar-refractivity contribution < 1.29 is 39.9 Å². The van der Waals surface area contributed by atoms with Crippen molar-refractivity contribution in [1.82, 2.24) is 4.90 Å². The number of phenolic OH excluding ortho intramolecular Hbond substituents is 1. The summed E-state index contributed by atoms with van der Waals surface area (Å²) in [5, 5.41) is 54.9. The molecular formula is C22H24N2O8. The Kier molecular flexibility index (Phi) is 4.57. The smallest absolute Gasteiger partial charge is 0.255 e. The van der Waals surface area contributed by atoms with E-state index in [0.29, 0.717) is 0 Å². The predicted molar refractivity (Wildman–Crippen MR) is 110 cm³/mol. The number of amides is 1. The number of rotatable bonds is 2. The highest BCUT2D eigenvalue weighted by Gasteiger charge is 2.66. The number of likely N-dealkylation sites (N-methyl/N-ethyl adjacent to an activating group) is 1. The molecule has 0 aromatic heterocycles. The molecule has 1 unspecified atom stereocenters. The van der Waals surface area contributed by atoms with Gasteiger partial charge in [-0.3, -0.25) is 19.3 Å². The monoisotopic (exact) mass is 444 g/mol. The highest BCUT2D eigenvalue weighted by molar-refractivity contribution is 6.24. The van der Waals surface area contributed by atoms with Gasteiger partial charge in [0.1, 0.15) is 22.8 Å². The van der Waals surface area contributed by atoms with Crippen molar-refractivity contribution in [2.45, 2.75) is 30.6 Å². The minimum absolute atomic E-state index is 0.170. The van der Waals surface area contributed by atoms with E-state index in [1.807, 2.05) is 0 Å². The molecule has 1 saturated carbocycles. The number of hydrogen-bond donors (Lipinski definition) is 6. The van der Waals surface area contributed by atoms with Gasteiger partial charge in [0.2, 0.25) is 5.78 Å². The van der Waals surface area contributed by atoms with E-state index in [-0.39, 0.29) is 17.5 Å². The summed E-state index contributed by atoms with van der Waals surface area (Å²) in [6, 6.07) is 3.02. The average Bonchev–Trinajstić information content (AvgIpc) is 2.68. The van der Waals surface area contributed by atoms with Gasteiger partial charge in [-0.05, 0) is 39.1 Å². The number of fused-ring (bicyclic) bond motifs is 3. The third kappa shape index (κ3) is 2.48. The summed E-state index contributed by atoms with van der Waals surface area (Å²) in [5.41, 5.74) is -0.548. The zero-order valence-corrected chi connectivity index (χ0v) is 17.7. The summed E-state index contributed by atoms with van der Waals surface area (Å²) in [7, 11) is 3.01. The van der Waals surface area contributed by atoms with Crippen LogP contribution < -0.4 is 5.73 Å². The van der Waals surface area contributed by atoms with Gasteiger partial charge in [-0.15, -0.1) is 0 Å². The Morgan fingerprint density at radius 1 is 1.16 bits per heavy atom. The van der Waals surface area contributed by atoms with Crippen molar-refractivity contribution in [3.63, 3.8) is 0 Å². The van der Waals surface area contributed by atoms with Gasteiger partial charge in [0, 0.05) is 17.4 Å². The van der Waals surface area contributed by atoms with Gasteiger partial charge in [0.05, 0.1) is 17.2 Å². The minimum atomic E-state index is -2.75. The third-order valence-corrected chi connectivity index (χ3v) is 7.02. The van der Waals surface area contributed by atoms with Gasteiger partial charge in [0.15, 0.2) is 11.4 Å². The van der Waals surface area contributed by atoms with Crippen molar-refractivity contribution >= 4 is 23.2 Å². The summed E-state index contributed by atoms with van der Waals surface area (Å²) < 4.78 is 0.